The molecule has 1 saturated heterocycles. The summed E-state index contributed by atoms with van der Waals surface area (Å²) in [5.74, 6) is 0.646. The molecule has 1 aliphatic rings. The van der Waals surface area contributed by atoms with Gasteiger partial charge < -0.3 is 9.47 Å². The average Bonchev–Trinajstić information content (AvgIpc) is 2.41. The number of ether oxygens (including phenoxy) is 2. The topological polar surface area (TPSA) is 18.5 Å². The van der Waals surface area contributed by atoms with Gasteiger partial charge in [0.05, 0.1) is 12.7 Å². The summed E-state index contributed by atoms with van der Waals surface area (Å²) in [4.78, 5) is 0. The second kappa shape index (κ2) is 7.63. The molecule has 1 unspecified atom stereocenters. The normalized spacial score (nSPS) is 18.8. The molecule has 0 amide bonds. The molecule has 0 radical (unpaired) electrons. The molecule has 0 aromatic heterocycles. The van der Waals surface area contributed by atoms with Crippen LogP contribution < -0.4 is 0 Å². The Bertz CT molecular complexity index is 365. The van der Waals surface area contributed by atoms with Crippen molar-refractivity contribution in [2.24, 2.45) is 5.92 Å². The van der Waals surface area contributed by atoms with E-state index in [1.165, 1.54) is 5.56 Å². The predicted octanol–water partition coefficient (Wildman–Crippen LogP) is 4.33. The Morgan fingerprint density at radius 3 is 2.78 bits per heavy atom. The van der Waals surface area contributed by atoms with E-state index < -0.39 is 0 Å². The summed E-state index contributed by atoms with van der Waals surface area (Å²) in [5, 5.41) is 0.826. The zero-order valence-corrected chi connectivity index (χ0v) is 13.5. The van der Waals surface area contributed by atoms with Gasteiger partial charge in [0.15, 0.2) is 0 Å². The number of benzene rings is 1. The molecular formula is C14H18Br2O2. The monoisotopic (exact) mass is 376 g/mol. The molecule has 2 rings (SSSR count). The third-order valence-electron chi connectivity index (χ3n) is 3.23. The molecule has 1 atom stereocenters. The average molecular weight is 378 g/mol. The molecule has 1 aromatic carbocycles. The second-order valence-corrected chi connectivity index (χ2v) is 6.15. The summed E-state index contributed by atoms with van der Waals surface area (Å²) in [6.45, 7) is 2.58. The van der Waals surface area contributed by atoms with E-state index >= 15 is 0 Å². The number of hydrogen-bond acceptors (Lipinski definition) is 2. The van der Waals surface area contributed by atoms with Gasteiger partial charge in [0.1, 0.15) is 0 Å². The second-order valence-electron chi connectivity index (χ2n) is 4.59. The Kier molecular flexibility index (Phi) is 6.15. The van der Waals surface area contributed by atoms with Crippen LogP contribution in [0.2, 0.25) is 0 Å². The first kappa shape index (κ1) is 14.5. The standard InChI is InChI=1S/C14H18Br2O2/c15-9-14(12-2-1-3-13(16)8-12)18-10-11-4-6-17-7-5-11/h1-3,8,11,14H,4-7,9-10H2. The molecular weight excluding hydrogens is 360 g/mol. The van der Waals surface area contributed by atoms with Crippen LogP contribution in [0.5, 0.6) is 0 Å². The molecule has 1 aliphatic heterocycles. The van der Waals surface area contributed by atoms with Gasteiger partial charge in [0, 0.05) is 23.0 Å². The minimum atomic E-state index is 0.130. The lowest BCUT2D eigenvalue weighted by atomic mass is 10.0. The maximum absolute atomic E-state index is 6.05. The Morgan fingerprint density at radius 1 is 1.33 bits per heavy atom. The Balaban J connectivity index is 1.88. The number of halogens is 2. The highest BCUT2D eigenvalue weighted by molar-refractivity contribution is 9.10. The summed E-state index contributed by atoms with van der Waals surface area (Å²) in [6.07, 6.45) is 2.37. The van der Waals surface area contributed by atoms with E-state index in [4.69, 9.17) is 9.47 Å². The number of alkyl halides is 1. The van der Waals surface area contributed by atoms with Crippen molar-refractivity contribution in [1.29, 1.82) is 0 Å². The van der Waals surface area contributed by atoms with Gasteiger partial charge >= 0.3 is 0 Å². The smallest absolute Gasteiger partial charge is 0.0922 e. The van der Waals surface area contributed by atoms with E-state index in [-0.39, 0.29) is 6.10 Å². The van der Waals surface area contributed by atoms with Gasteiger partial charge in [0.25, 0.3) is 0 Å². The van der Waals surface area contributed by atoms with Gasteiger partial charge in [-0.15, -0.1) is 0 Å². The highest BCUT2D eigenvalue weighted by Crippen LogP contribution is 2.25. The number of hydrogen-bond donors (Lipinski definition) is 0. The Labute approximate surface area is 125 Å². The SMILES string of the molecule is BrCC(OCC1CCOCC1)c1cccc(Br)c1. The van der Waals surface area contributed by atoms with Crippen molar-refractivity contribution in [2.75, 3.05) is 25.2 Å². The summed E-state index contributed by atoms with van der Waals surface area (Å²) in [5.41, 5.74) is 1.22. The highest BCUT2D eigenvalue weighted by Gasteiger charge is 2.17. The third kappa shape index (κ3) is 4.34. The van der Waals surface area contributed by atoms with Gasteiger partial charge in [-0.1, -0.05) is 44.0 Å². The minimum Gasteiger partial charge on any atom is -0.381 e. The third-order valence-corrected chi connectivity index (χ3v) is 4.32. The Morgan fingerprint density at radius 2 is 2.11 bits per heavy atom. The quantitative estimate of drug-likeness (QED) is 0.711. The largest absolute Gasteiger partial charge is 0.381 e. The van der Waals surface area contributed by atoms with E-state index in [0.29, 0.717) is 5.92 Å². The van der Waals surface area contributed by atoms with Crippen molar-refractivity contribution < 1.29 is 9.47 Å². The molecule has 0 saturated carbocycles. The Hall–Kier alpha value is 0.100. The van der Waals surface area contributed by atoms with E-state index in [1.807, 2.05) is 12.1 Å². The zero-order chi connectivity index (χ0) is 12.8. The van der Waals surface area contributed by atoms with Crippen LogP contribution in [-0.2, 0) is 9.47 Å². The number of rotatable bonds is 5. The first-order valence-corrected chi connectivity index (χ1v) is 8.22. The fourth-order valence-electron chi connectivity index (χ4n) is 2.10. The van der Waals surface area contributed by atoms with Crippen LogP contribution in [0.25, 0.3) is 0 Å². The van der Waals surface area contributed by atoms with Crippen LogP contribution in [0.1, 0.15) is 24.5 Å². The van der Waals surface area contributed by atoms with Crippen molar-refractivity contribution >= 4 is 31.9 Å². The molecule has 1 aromatic rings. The molecule has 2 nitrogen and oxygen atoms in total. The van der Waals surface area contributed by atoms with Crippen molar-refractivity contribution in [3.63, 3.8) is 0 Å². The van der Waals surface area contributed by atoms with Crippen molar-refractivity contribution in [2.45, 2.75) is 18.9 Å². The maximum atomic E-state index is 6.05. The molecule has 1 fully saturated rings. The van der Waals surface area contributed by atoms with Crippen LogP contribution >= 0.6 is 31.9 Å². The molecule has 1 heterocycles. The highest BCUT2D eigenvalue weighted by atomic mass is 79.9. The van der Waals surface area contributed by atoms with E-state index in [0.717, 1.165) is 42.5 Å². The van der Waals surface area contributed by atoms with Crippen LogP contribution in [0.15, 0.2) is 28.7 Å². The lowest BCUT2D eigenvalue weighted by molar-refractivity contribution is -0.00375. The first-order chi connectivity index (χ1) is 8.79. The molecule has 0 aliphatic carbocycles. The molecule has 100 valence electrons. The molecule has 0 N–H and O–H groups in total. The van der Waals surface area contributed by atoms with Crippen LogP contribution in [0, 0.1) is 5.92 Å². The maximum Gasteiger partial charge on any atom is 0.0922 e. The van der Waals surface area contributed by atoms with Gasteiger partial charge in [-0.05, 0) is 36.5 Å². The molecule has 0 bridgehead atoms. The lowest BCUT2D eigenvalue weighted by Crippen LogP contribution is -2.21. The summed E-state index contributed by atoms with van der Waals surface area (Å²) < 4.78 is 12.5. The molecule has 0 spiro atoms. The fraction of sp³-hybridized carbons (Fsp3) is 0.571. The van der Waals surface area contributed by atoms with E-state index in [1.54, 1.807) is 0 Å². The van der Waals surface area contributed by atoms with Crippen LogP contribution in [-0.4, -0.2) is 25.2 Å². The van der Waals surface area contributed by atoms with Crippen molar-refractivity contribution in [1.82, 2.24) is 0 Å². The summed E-state index contributed by atoms with van der Waals surface area (Å²) >= 11 is 7.04. The lowest BCUT2D eigenvalue weighted by Gasteiger charge is -2.24. The first-order valence-electron chi connectivity index (χ1n) is 6.30. The zero-order valence-electron chi connectivity index (χ0n) is 10.3. The van der Waals surface area contributed by atoms with Gasteiger partial charge in [-0.25, -0.2) is 0 Å². The van der Waals surface area contributed by atoms with Crippen LogP contribution in [0.4, 0.5) is 0 Å². The summed E-state index contributed by atoms with van der Waals surface area (Å²) in [6, 6.07) is 8.32. The van der Waals surface area contributed by atoms with Crippen molar-refractivity contribution in [3.8, 4) is 0 Å². The summed E-state index contributed by atoms with van der Waals surface area (Å²) in [7, 11) is 0. The fourth-order valence-corrected chi connectivity index (χ4v) is 3.08. The van der Waals surface area contributed by atoms with Gasteiger partial charge in [-0.2, -0.15) is 0 Å². The van der Waals surface area contributed by atoms with Gasteiger partial charge in [-0.3, -0.25) is 0 Å². The van der Waals surface area contributed by atoms with E-state index in [9.17, 15) is 0 Å². The molecule has 18 heavy (non-hydrogen) atoms. The minimum absolute atomic E-state index is 0.130. The van der Waals surface area contributed by atoms with Gasteiger partial charge in [0.2, 0.25) is 0 Å². The molecule has 4 heteroatoms. The van der Waals surface area contributed by atoms with Crippen molar-refractivity contribution in [3.05, 3.63) is 34.3 Å². The van der Waals surface area contributed by atoms with Crippen LogP contribution in [0.3, 0.4) is 0 Å². The predicted molar refractivity (Wildman–Crippen MR) is 80.2 cm³/mol. The van der Waals surface area contributed by atoms with E-state index in [2.05, 4.69) is 44.0 Å².